The molecule has 0 radical (unpaired) electrons. The van der Waals surface area contributed by atoms with E-state index in [1.165, 1.54) is 16.2 Å². The van der Waals surface area contributed by atoms with Gasteiger partial charge in [-0.2, -0.15) is 0 Å². The first-order valence-corrected chi connectivity index (χ1v) is 5.86. The maximum absolute atomic E-state index is 5.58. The zero-order valence-corrected chi connectivity index (χ0v) is 9.89. The first kappa shape index (κ1) is 10.7. The van der Waals surface area contributed by atoms with E-state index >= 15 is 0 Å². The predicted octanol–water partition coefficient (Wildman–Crippen LogP) is 4.01. The van der Waals surface area contributed by atoms with Crippen molar-refractivity contribution in [3.63, 3.8) is 0 Å². The summed E-state index contributed by atoms with van der Waals surface area (Å²) in [6, 6.07) is 18.7. The fourth-order valence-corrected chi connectivity index (χ4v) is 2.18. The van der Waals surface area contributed by atoms with Crippen molar-refractivity contribution in [2.75, 3.05) is 6.61 Å². The Hall–Kier alpha value is -2.46. The lowest BCUT2D eigenvalue weighted by Crippen LogP contribution is -1.94. The largest absolute Gasteiger partial charge is 0.480 e. The third kappa shape index (κ3) is 1.78. The average molecular weight is 232 g/mol. The number of hydrogen-bond donors (Lipinski definition) is 0. The van der Waals surface area contributed by atoms with Crippen LogP contribution < -0.4 is 4.74 Å². The molecule has 3 aromatic carbocycles. The third-order valence-corrected chi connectivity index (χ3v) is 3.02. The molecule has 0 saturated carbocycles. The SMILES string of the molecule is C#CCOc1cccc2cc3ccccc3cc12. The van der Waals surface area contributed by atoms with Crippen LogP contribution in [0.4, 0.5) is 0 Å². The van der Waals surface area contributed by atoms with Crippen molar-refractivity contribution in [2.24, 2.45) is 0 Å². The Labute approximate surface area is 106 Å². The second-order valence-electron chi connectivity index (χ2n) is 4.17. The molecule has 86 valence electrons. The van der Waals surface area contributed by atoms with Gasteiger partial charge in [0.1, 0.15) is 12.4 Å². The lowest BCUT2D eigenvalue weighted by atomic mass is 10.0. The summed E-state index contributed by atoms with van der Waals surface area (Å²) in [5, 5.41) is 4.72. The fraction of sp³-hybridized carbons (Fsp3) is 0.0588. The van der Waals surface area contributed by atoms with Crippen LogP contribution in [-0.2, 0) is 0 Å². The van der Waals surface area contributed by atoms with Crippen LogP contribution in [0.25, 0.3) is 21.5 Å². The van der Waals surface area contributed by atoms with Crippen molar-refractivity contribution < 1.29 is 4.74 Å². The van der Waals surface area contributed by atoms with Crippen LogP contribution in [0.3, 0.4) is 0 Å². The molecule has 1 nitrogen and oxygen atoms in total. The fourth-order valence-electron chi connectivity index (χ4n) is 2.18. The summed E-state index contributed by atoms with van der Waals surface area (Å²) in [6.07, 6.45) is 5.24. The van der Waals surface area contributed by atoms with Crippen molar-refractivity contribution in [3.8, 4) is 18.1 Å². The summed E-state index contributed by atoms with van der Waals surface area (Å²) in [7, 11) is 0. The molecule has 1 heteroatoms. The lowest BCUT2D eigenvalue weighted by Gasteiger charge is -2.08. The molecule has 3 aromatic rings. The number of benzene rings is 3. The molecule has 0 amide bonds. The maximum Gasteiger partial charge on any atom is 0.148 e. The van der Waals surface area contributed by atoms with Gasteiger partial charge < -0.3 is 4.74 Å². The second kappa shape index (κ2) is 4.43. The molecule has 3 rings (SSSR count). The van der Waals surface area contributed by atoms with E-state index in [9.17, 15) is 0 Å². The summed E-state index contributed by atoms with van der Waals surface area (Å²) < 4.78 is 5.58. The Morgan fingerprint density at radius 1 is 0.889 bits per heavy atom. The van der Waals surface area contributed by atoms with Gasteiger partial charge in [-0.15, -0.1) is 6.42 Å². The minimum absolute atomic E-state index is 0.298. The molecule has 0 aliphatic heterocycles. The van der Waals surface area contributed by atoms with Crippen LogP contribution in [0.5, 0.6) is 5.75 Å². The van der Waals surface area contributed by atoms with Gasteiger partial charge in [0.05, 0.1) is 0 Å². The molecule has 0 bridgehead atoms. The Balaban J connectivity index is 2.26. The summed E-state index contributed by atoms with van der Waals surface area (Å²) >= 11 is 0. The van der Waals surface area contributed by atoms with Gasteiger partial charge in [-0.3, -0.25) is 0 Å². The molecule has 0 unspecified atom stereocenters. The number of rotatable bonds is 2. The summed E-state index contributed by atoms with van der Waals surface area (Å²) in [6.45, 7) is 0.298. The topological polar surface area (TPSA) is 9.23 Å². The van der Waals surface area contributed by atoms with Gasteiger partial charge >= 0.3 is 0 Å². The first-order valence-electron chi connectivity index (χ1n) is 5.86. The number of ether oxygens (including phenoxy) is 1. The molecule has 0 aliphatic rings. The highest BCUT2D eigenvalue weighted by Crippen LogP contribution is 2.29. The normalized spacial score (nSPS) is 10.4. The van der Waals surface area contributed by atoms with Crippen molar-refractivity contribution >= 4 is 21.5 Å². The molecule has 0 aliphatic carbocycles. The molecule has 18 heavy (non-hydrogen) atoms. The zero-order chi connectivity index (χ0) is 12.4. The molecule has 0 N–H and O–H groups in total. The quantitative estimate of drug-likeness (QED) is 0.479. The van der Waals surface area contributed by atoms with Crippen LogP contribution in [0.15, 0.2) is 54.6 Å². The smallest absolute Gasteiger partial charge is 0.148 e. The van der Waals surface area contributed by atoms with E-state index in [4.69, 9.17) is 11.2 Å². The van der Waals surface area contributed by atoms with Gasteiger partial charge in [0, 0.05) is 5.39 Å². The maximum atomic E-state index is 5.58. The van der Waals surface area contributed by atoms with Crippen LogP contribution >= 0.6 is 0 Å². The Morgan fingerprint density at radius 2 is 1.61 bits per heavy atom. The van der Waals surface area contributed by atoms with Crippen LogP contribution in [0.1, 0.15) is 0 Å². The molecular weight excluding hydrogens is 220 g/mol. The summed E-state index contributed by atoms with van der Waals surface area (Å²) in [4.78, 5) is 0. The van der Waals surface area contributed by atoms with Gasteiger partial charge in [-0.05, 0) is 34.4 Å². The van der Waals surface area contributed by atoms with Gasteiger partial charge in [0.25, 0.3) is 0 Å². The average Bonchev–Trinajstić information content (AvgIpc) is 2.43. The van der Waals surface area contributed by atoms with Crippen LogP contribution in [0, 0.1) is 12.3 Å². The highest BCUT2D eigenvalue weighted by Gasteiger charge is 2.03. The lowest BCUT2D eigenvalue weighted by molar-refractivity contribution is 0.375. The van der Waals surface area contributed by atoms with Crippen molar-refractivity contribution in [1.29, 1.82) is 0 Å². The predicted molar refractivity (Wildman–Crippen MR) is 75.8 cm³/mol. The van der Waals surface area contributed by atoms with E-state index in [1.807, 2.05) is 24.3 Å². The molecule has 0 heterocycles. The first-order chi connectivity index (χ1) is 8.88. The standard InChI is InChI=1S/C17H12O/c1-2-10-18-17-9-5-8-15-11-13-6-3-4-7-14(13)12-16(15)17/h1,3-9,11-12H,10H2. The van der Waals surface area contributed by atoms with Crippen LogP contribution in [-0.4, -0.2) is 6.61 Å². The van der Waals surface area contributed by atoms with E-state index in [2.05, 4.69) is 36.3 Å². The van der Waals surface area contributed by atoms with E-state index < -0.39 is 0 Å². The molecule has 0 spiro atoms. The molecule has 0 fully saturated rings. The van der Waals surface area contributed by atoms with Gasteiger partial charge in [0.15, 0.2) is 0 Å². The number of fused-ring (bicyclic) bond motifs is 2. The van der Waals surface area contributed by atoms with Gasteiger partial charge in [0.2, 0.25) is 0 Å². The van der Waals surface area contributed by atoms with Crippen molar-refractivity contribution in [3.05, 3.63) is 54.6 Å². The van der Waals surface area contributed by atoms with Crippen molar-refractivity contribution in [1.82, 2.24) is 0 Å². The Morgan fingerprint density at radius 3 is 2.39 bits per heavy atom. The Kier molecular flexibility index (Phi) is 2.63. The van der Waals surface area contributed by atoms with Gasteiger partial charge in [-0.25, -0.2) is 0 Å². The Bertz CT molecular complexity index is 750. The van der Waals surface area contributed by atoms with Crippen LogP contribution in [0.2, 0.25) is 0 Å². The summed E-state index contributed by atoms with van der Waals surface area (Å²) in [5.74, 6) is 3.34. The van der Waals surface area contributed by atoms with Crippen molar-refractivity contribution in [2.45, 2.75) is 0 Å². The molecular formula is C17H12O. The minimum Gasteiger partial charge on any atom is -0.480 e. The third-order valence-electron chi connectivity index (χ3n) is 3.02. The van der Waals surface area contributed by atoms with E-state index in [1.54, 1.807) is 0 Å². The highest BCUT2D eigenvalue weighted by atomic mass is 16.5. The van der Waals surface area contributed by atoms with E-state index in [0.29, 0.717) is 6.61 Å². The van der Waals surface area contributed by atoms with Gasteiger partial charge in [-0.1, -0.05) is 42.3 Å². The second-order valence-corrected chi connectivity index (χ2v) is 4.17. The minimum atomic E-state index is 0.298. The highest BCUT2D eigenvalue weighted by molar-refractivity contribution is 6.00. The molecule has 0 atom stereocenters. The monoisotopic (exact) mass is 232 g/mol. The van der Waals surface area contributed by atoms with E-state index in [0.717, 1.165) is 11.1 Å². The molecule has 0 saturated heterocycles. The molecule has 0 aromatic heterocycles. The number of terminal acetylenes is 1. The zero-order valence-electron chi connectivity index (χ0n) is 9.89. The van der Waals surface area contributed by atoms with E-state index in [-0.39, 0.29) is 0 Å². The number of hydrogen-bond acceptors (Lipinski definition) is 1. The summed E-state index contributed by atoms with van der Waals surface area (Å²) in [5.41, 5.74) is 0.